The summed E-state index contributed by atoms with van der Waals surface area (Å²) in [6.45, 7) is 3.63. The molecule has 0 saturated carbocycles. The van der Waals surface area contributed by atoms with Crippen molar-refractivity contribution in [3.63, 3.8) is 0 Å². The van der Waals surface area contributed by atoms with E-state index in [1.165, 1.54) is 0 Å². The van der Waals surface area contributed by atoms with Crippen LogP contribution < -0.4 is 10.6 Å². The number of ether oxygens (including phenoxy) is 1. The molecule has 28 heavy (non-hydrogen) atoms. The molecule has 148 valence electrons. The van der Waals surface area contributed by atoms with Gasteiger partial charge in [0.05, 0.1) is 28.5 Å². The molecule has 1 aliphatic rings. The van der Waals surface area contributed by atoms with E-state index in [2.05, 4.69) is 32.5 Å². The minimum atomic E-state index is 0.281. The maximum Gasteiger partial charge on any atom is 0.224 e. The van der Waals surface area contributed by atoms with E-state index in [9.17, 15) is 0 Å². The number of aromatic nitrogens is 4. The van der Waals surface area contributed by atoms with Crippen molar-refractivity contribution < 1.29 is 4.74 Å². The second-order valence-corrected chi connectivity index (χ2v) is 8.11. The average molecular weight is 442 g/mol. The van der Waals surface area contributed by atoms with E-state index >= 15 is 0 Å². The molecular weight excluding hydrogens is 423 g/mol. The molecule has 10 heteroatoms. The molecular formula is C18H19Cl3N6O. The minimum Gasteiger partial charge on any atom is -0.381 e. The highest BCUT2D eigenvalue weighted by molar-refractivity contribution is 6.41. The van der Waals surface area contributed by atoms with Crippen molar-refractivity contribution >= 4 is 63.6 Å². The molecule has 1 aliphatic heterocycles. The molecule has 0 bridgehead atoms. The van der Waals surface area contributed by atoms with Crippen LogP contribution in [0.1, 0.15) is 13.3 Å². The Labute approximate surface area is 177 Å². The van der Waals surface area contributed by atoms with Crippen LogP contribution in [0.25, 0.3) is 11.2 Å². The highest BCUT2D eigenvalue weighted by Gasteiger charge is 2.23. The quantitative estimate of drug-likeness (QED) is 0.599. The SMILES string of the molecule is C[C@@H]1COCC[C@@H]1Nc1ncc2nc(Nc3c(Cl)cc(Cl)cc3Cl)n(C)c2n1. The molecule has 0 spiro atoms. The standard InChI is InChI=1S/C18H19Cl3N6O/c1-9-8-28-4-3-13(9)23-17-22-7-14-16(26-17)27(2)18(24-14)25-15-11(20)5-10(19)6-12(15)21/h5-7,9,13H,3-4,8H2,1-2H3,(H,24,25)(H,22,23,26)/t9-,13+/m1/s1. The summed E-state index contributed by atoms with van der Waals surface area (Å²) < 4.78 is 7.32. The summed E-state index contributed by atoms with van der Waals surface area (Å²) in [5.74, 6) is 1.52. The number of aryl methyl sites for hydroxylation is 1. The lowest BCUT2D eigenvalue weighted by atomic mass is 9.98. The number of nitrogens with one attached hydrogen (secondary N) is 2. The molecule has 0 amide bonds. The fourth-order valence-electron chi connectivity index (χ4n) is 3.20. The third kappa shape index (κ3) is 3.85. The van der Waals surface area contributed by atoms with Crippen LogP contribution >= 0.6 is 34.8 Å². The monoisotopic (exact) mass is 440 g/mol. The number of rotatable bonds is 4. The van der Waals surface area contributed by atoms with E-state index in [4.69, 9.17) is 39.5 Å². The molecule has 1 aromatic carbocycles. The number of hydrogen-bond donors (Lipinski definition) is 2. The summed E-state index contributed by atoms with van der Waals surface area (Å²) in [5, 5.41) is 7.86. The van der Waals surface area contributed by atoms with Gasteiger partial charge in [0.2, 0.25) is 11.9 Å². The smallest absolute Gasteiger partial charge is 0.224 e. The highest BCUT2D eigenvalue weighted by Crippen LogP contribution is 2.35. The number of benzene rings is 1. The Morgan fingerprint density at radius 2 is 1.93 bits per heavy atom. The number of hydrogen-bond acceptors (Lipinski definition) is 6. The number of nitrogens with zero attached hydrogens (tertiary/aromatic N) is 4. The van der Waals surface area contributed by atoms with E-state index in [0.717, 1.165) is 19.6 Å². The van der Waals surface area contributed by atoms with E-state index in [0.29, 0.717) is 49.7 Å². The Morgan fingerprint density at radius 1 is 1.18 bits per heavy atom. The van der Waals surface area contributed by atoms with Gasteiger partial charge in [-0.1, -0.05) is 41.7 Å². The summed E-state index contributed by atoms with van der Waals surface area (Å²) >= 11 is 18.5. The van der Waals surface area contributed by atoms with Crippen molar-refractivity contribution in [2.75, 3.05) is 23.8 Å². The van der Waals surface area contributed by atoms with Gasteiger partial charge in [0.15, 0.2) is 5.65 Å². The Balaban J connectivity index is 1.62. The Hall–Kier alpha value is -1.80. The van der Waals surface area contributed by atoms with Gasteiger partial charge < -0.3 is 15.4 Å². The topological polar surface area (TPSA) is 76.9 Å². The van der Waals surface area contributed by atoms with E-state index in [1.54, 1.807) is 18.3 Å². The lowest BCUT2D eigenvalue weighted by Gasteiger charge is -2.29. The predicted octanol–water partition coefficient (Wildman–Crippen LogP) is 4.90. The van der Waals surface area contributed by atoms with Gasteiger partial charge in [0.25, 0.3) is 0 Å². The first-order valence-electron chi connectivity index (χ1n) is 8.87. The zero-order valence-corrected chi connectivity index (χ0v) is 17.6. The number of imidazole rings is 1. The van der Waals surface area contributed by atoms with Crippen molar-refractivity contribution in [2.45, 2.75) is 19.4 Å². The van der Waals surface area contributed by atoms with Crippen LogP contribution in [0.5, 0.6) is 0 Å². The molecule has 2 atom stereocenters. The van der Waals surface area contributed by atoms with Crippen molar-refractivity contribution in [1.29, 1.82) is 0 Å². The average Bonchev–Trinajstić information content (AvgIpc) is 2.96. The van der Waals surface area contributed by atoms with E-state index in [1.807, 2.05) is 11.6 Å². The largest absolute Gasteiger partial charge is 0.381 e. The molecule has 4 rings (SSSR count). The molecule has 3 aromatic rings. The summed E-state index contributed by atoms with van der Waals surface area (Å²) in [5.41, 5.74) is 1.89. The van der Waals surface area contributed by atoms with Gasteiger partial charge in [-0.05, 0) is 24.5 Å². The number of anilines is 3. The number of fused-ring (bicyclic) bond motifs is 1. The molecule has 1 saturated heterocycles. The van der Waals surface area contributed by atoms with Gasteiger partial charge in [-0.3, -0.25) is 4.57 Å². The first kappa shape index (κ1) is 19.5. The molecule has 1 fully saturated rings. The number of halogens is 3. The van der Waals surface area contributed by atoms with Crippen molar-refractivity contribution in [3.05, 3.63) is 33.4 Å². The summed E-state index contributed by atoms with van der Waals surface area (Å²) in [7, 11) is 1.86. The molecule has 3 heterocycles. The second kappa shape index (κ2) is 7.91. The zero-order valence-electron chi connectivity index (χ0n) is 15.3. The van der Waals surface area contributed by atoms with Gasteiger partial charge in [-0.2, -0.15) is 4.98 Å². The predicted molar refractivity (Wildman–Crippen MR) is 113 cm³/mol. The Morgan fingerprint density at radius 3 is 2.64 bits per heavy atom. The summed E-state index contributed by atoms with van der Waals surface area (Å²) in [4.78, 5) is 13.6. The molecule has 2 aromatic heterocycles. The first-order chi connectivity index (χ1) is 13.4. The molecule has 7 nitrogen and oxygen atoms in total. The maximum atomic E-state index is 6.27. The van der Waals surface area contributed by atoms with Gasteiger partial charge in [0, 0.05) is 24.7 Å². The van der Waals surface area contributed by atoms with Crippen LogP contribution in [0.2, 0.25) is 15.1 Å². The molecule has 0 aliphatic carbocycles. The van der Waals surface area contributed by atoms with Gasteiger partial charge in [-0.25, -0.2) is 9.97 Å². The Kier molecular flexibility index (Phi) is 5.51. The lowest BCUT2D eigenvalue weighted by Crippen LogP contribution is -2.36. The van der Waals surface area contributed by atoms with Gasteiger partial charge in [0.1, 0.15) is 5.52 Å². The fourth-order valence-corrected chi connectivity index (χ4v) is 4.11. The van der Waals surface area contributed by atoms with Crippen molar-refractivity contribution in [2.24, 2.45) is 13.0 Å². The molecule has 0 radical (unpaired) electrons. The lowest BCUT2D eigenvalue weighted by molar-refractivity contribution is 0.0536. The maximum absolute atomic E-state index is 6.27. The third-order valence-electron chi connectivity index (χ3n) is 4.81. The first-order valence-corrected chi connectivity index (χ1v) is 10.0. The van der Waals surface area contributed by atoms with Gasteiger partial charge >= 0.3 is 0 Å². The summed E-state index contributed by atoms with van der Waals surface area (Å²) in [6.07, 6.45) is 2.62. The third-order valence-corrected chi connectivity index (χ3v) is 5.63. The van der Waals surface area contributed by atoms with Gasteiger partial charge in [-0.15, -0.1) is 0 Å². The highest BCUT2D eigenvalue weighted by atomic mass is 35.5. The van der Waals surface area contributed by atoms with E-state index in [-0.39, 0.29) is 6.04 Å². The van der Waals surface area contributed by atoms with Crippen LogP contribution in [0, 0.1) is 5.92 Å². The zero-order chi connectivity index (χ0) is 19.8. The fraction of sp³-hybridized carbons (Fsp3) is 0.389. The normalized spacial score (nSPS) is 19.8. The second-order valence-electron chi connectivity index (χ2n) is 6.86. The summed E-state index contributed by atoms with van der Waals surface area (Å²) in [6, 6.07) is 3.52. The van der Waals surface area contributed by atoms with Crippen molar-refractivity contribution in [1.82, 2.24) is 19.5 Å². The van der Waals surface area contributed by atoms with Crippen LogP contribution in [0.15, 0.2) is 18.3 Å². The molecule has 0 unspecified atom stereocenters. The van der Waals surface area contributed by atoms with Crippen LogP contribution in [0.4, 0.5) is 17.6 Å². The van der Waals surface area contributed by atoms with Crippen molar-refractivity contribution in [3.8, 4) is 0 Å². The molecule has 2 N–H and O–H groups in total. The van der Waals surface area contributed by atoms with E-state index < -0.39 is 0 Å². The minimum absolute atomic E-state index is 0.281. The van der Waals surface area contributed by atoms with Crippen LogP contribution in [-0.2, 0) is 11.8 Å². The Bertz CT molecular complexity index is 1000. The van der Waals surface area contributed by atoms with Crippen LogP contribution in [0.3, 0.4) is 0 Å². The van der Waals surface area contributed by atoms with Crippen LogP contribution in [-0.4, -0.2) is 38.8 Å².